The number of benzene rings is 1. The van der Waals surface area contributed by atoms with Crippen LogP contribution in [-0.4, -0.2) is 41.1 Å². The standard InChI is InChI=1S/C20H25N3O2/c1-15-12-23(13-16(2)25-15)14-17-6-8-18(9-7-17)20(24)22-11-19-5-3-4-10-21-19/h3-10,15-16H,11-14H2,1-2H3,(H,22,24)/t15-,16+. The normalized spacial score (nSPS) is 21.0. The van der Waals surface area contributed by atoms with E-state index < -0.39 is 0 Å². The highest BCUT2D eigenvalue weighted by molar-refractivity contribution is 5.94. The maximum absolute atomic E-state index is 12.2. The van der Waals surface area contributed by atoms with Gasteiger partial charge in [-0.15, -0.1) is 0 Å². The van der Waals surface area contributed by atoms with Gasteiger partial charge in [0.2, 0.25) is 0 Å². The van der Waals surface area contributed by atoms with Gasteiger partial charge < -0.3 is 10.1 Å². The number of pyridine rings is 1. The van der Waals surface area contributed by atoms with Crippen LogP contribution in [0, 0.1) is 0 Å². The number of carbonyl (C=O) groups is 1. The SMILES string of the molecule is C[C@@H]1CN(Cc2ccc(C(=O)NCc3ccccn3)cc2)C[C@H](C)O1. The second kappa shape index (κ2) is 8.23. The smallest absolute Gasteiger partial charge is 0.251 e. The number of aromatic nitrogens is 1. The van der Waals surface area contributed by atoms with Gasteiger partial charge in [0.1, 0.15) is 0 Å². The first-order valence-electron chi connectivity index (χ1n) is 8.75. The van der Waals surface area contributed by atoms with Crippen molar-refractivity contribution in [2.75, 3.05) is 13.1 Å². The average Bonchev–Trinajstić information content (AvgIpc) is 2.60. The first-order chi connectivity index (χ1) is 12.1. The molecule has 0 unspecified atom stereocenters. The van der Waals surface area contributed by atoms with E-state index in [4.69, 9.17) is 4.74 Å². The number of amides is 1. The summed E-state index contributed by atoms with van der Waals surface area (Å²) in [5.74, 6) is -0.0779. The summed E-state index contributed by atoms with van der Waals surface area (Å²) in [7, 11) is 0. The highest BCUT2D eigenvalue weighted by Crippen LogP contribution is 2.14. The van der Waals surface area contributed by atoms with E-state index in [9.17, 15) is 4.79 Å². The van der Waals surface area contributed by atoms with Crippen molar-refractivity contribution < 1.29 is 9.53 Å². The molecule has 1 fully saturated rings. The fraction of sp³-hybridized carbons (Fsp3) is 0.400. The van der Waals surface area contributed by atoms with Crippen molar-refractivity contribution in [2.45, 2.75) is 39.1 Å². The van der Waals surface area contributed by atoms with Crippen LogP contribution in [0.4, 0.5) is 0 Å². The fourth-order valence-electron chi connectivity index (χ4n) is 3.21. The Hall–Kier alpha value is -2.24. The molecule has 0 bridgehead atoms. The Bertz CT molecular complexity index is 678. The lowest BCUT2D eigenvalue weighted by Gasteiger charge is -2.35. The molecule has 25 heavy (non-hydrogen) atoms. The monoisotopic (exact) mass is 339 g/mol. The molecule has 5 nitrogen and oxygen atoms in total. The van der Waals surface area contributed by atoms with Crippen molar-refractivity contribution in [1.29, 1.82) is 0 Å². The molecule has 5 heteroatoms. The van der Waals surface area contributed by atoms with E-state index in [0.29, 0.717) is 12.1 Å². The minimum atomic E-state index is -0.0779. The number of morpholine rings is 1. The summed E-state index contributed by atoms with van der Waals surface area (Å²) < 4.78 is 5.77. The lowest BCUT2D eigenvalue weighted by Crippen LogP contribution is -2.44. The molecular weight excluding hydrogens is 314 g/mol. The Morgan fingerprint density at radius 2 is 1.88 bits per heavy atom. The van der Waals surface area contributed by atoms with Crippen LogP contribution in [0.25, 0.3) is 0 Å². The molecule has 0 spiro atoms. The van der Waals surface area contributed by atoms with Crippen molar-refractivity contribution >= 4 is 5.91 Å². The first-order valence-corrected chi connectivity index (χ1v) is 8.75. The summed E-state index contributed by atoms with van der Waals surface area (Å²) in [5.41, 5.74) is 2.73. The summed E-state index contributed by atoms with van der Waals surface area (Å²) in [4.78, 5) is 18.8. The van der Waals surface area contributed by atoms with E-state index in [1.807, 2.05) is 42.5 Å². The van der Waals surface area contributed by atoms with Gasteiger partial charge in [-0.3, -0.25) is 14.7 Å². The van der Waals surface area contributed by atoms with E-state index >= 15 is 0 Å². The third-order valence-corrected chi connectivity index (χ3v) is 4.27. The number of hydrogen-bond acceptors (Lipinski definition) is 4. The molecule has 0 aliphatic carbocycles. The van der Waals surface area contributed by atoms with Crippen molar-refractivity contribution in [3.63, 3.8) is 0 Å². The molecule has 2 aromatic rings. The Kier molecular flexibility index (Phi) is 5.79. The lowest BCUT2D eigenvalue weighted by atomic mass is 10.1. The number of ether oxygens (including phenoxy) is 1. The topological polar surface area (TPSA) is 54.5 Å². The van der Waals surface area contributed by atoms with Gasteiger partial charge in [0, 0.05) is 31.4 Å². The second-order valence-corrected chi connectivity index (χ2v) is 6.65. The number of hydrogen-bond donors (Lipinski definition) is 1. The molecule has 0 saturated carbocycles. The average molecular weight is 339 g/mol. The van der Waals surface area contributed by atoms with Crippen molar-refractivity contribution in [3.05, 3.63) is 65.5 Å². The number of nitrogens with one attached hydrogen (secondary N) is 1. The Morgan fingerprint density at radius 3 is 2.52 bits per heavy atom. The van der Waals surface area contributed by atoms with Crippen LogP contribution in [0.2, 0.25) is 0 Å². The zero-order chi connectivity index (χ0) is 17.6. The van der Waals surface area contributed by atoms with Gasteiger partial charge in [-0.2, -0.15) is 0 Å². The zero-order valence-corrected chi connectivity index (χ0v) is 14.8. The molecule has 3 rings (SSSR count). The molecular formula is C20H25N3O2. The molecule has 1 aliphatic rings. The third-order valence-electron chi connectivity index (χ3n) is 4.27. The first kappa shape index (κ1) is 17.6. The molecule has 1 N–H and O–H groups in total. The minimum absolute atomic E-state index is 0.0779. The molecule has 2 atom stereocenters. The van der Waals surface area contributed by atoms with Crippen LogP contribution in [0.15, 0.2) is 48.7 Å². The van der Waals surface area contributed by atoms with Crippen molar-refractivity contribution in [2.24, 2.45) is 0 Å². The van der Waals surface area contributed by atoms with Crippen molar-refractivity contribution in [3.8, 4) is 0 Å². The molecule has 1 aromatic carbocycles. The second-order valence-electron chi connectivity index (χ2n) is 6.65. The summed E-state index contributed by atoms with van der Waals surface area (Å²) >= 11 is 0. The maximum Gasteiger partial charge on any atom is 0.251 e. The van der Waals surface area contributed by atoms with Crippen molar-refractivity contribution in [1.82, 2.24) is 15.2 Å². The Morgan fingerprint density at radius 1 is 1.16 bits per heavy atom. The number of rotatable bonds is 5. The van der Waals surface area contributed by atoms with E-state index in [0.717, 1.165) is 25.3 Å². The summed E-state index contributed by atoms with van der Waals surface area (Å²) in [5, 5.41) is 2.90. The highest BCUT2D eigenvalue weighted by atomic mass is 16.5. The molecule has 1 amide bonds. The molecule has 2 heterocycles. The summed E-state index contributed by atoms with van der Waals surface area (Å²) in [6.45, 7) is 7.42. The van der Waals surface area contributed by atoms with Gasteiger partial charge in [-0.1, -0.05) is 18.2 Å². The van der Waals surface area contributed by atoms with E-state index in [-0.39, 0.29) is 18.1 Å². The molecule has 132 valence electrons. The lowest BCUT2D eigenvalue weighted by molar-refractivity contribution is -0.0704. The fourth-order valence-corrected chi connectivity index (χ4v) is 3.21. The van der Waals surface area contributed by atoms with E-state index in [2.05, 4.69) is 29.0 Å². The van der Waals surface area contributed by atoms with Gasteiger partial charge in [0.05, 0.1) is 24.4 Å². The third kappa shape index (κ3) is 5.11. The van der Waals surface area contributed by atoms with Gasteiger partial charge in [0.15, 0.2) is 0 Å². The van der Waals surface area contributed by atoms with E-state index in [1.165, 1.54) is 5.56 Å². The van der Waals surface area contributed by atoms with Gasteiger partial charge in [-0.05, 0) is 43.7 Å². The largest absolute Gasteiger partial charge is 0.373 e. The van der Waals surface area contributed by atoms with Crippen LogP contribution in [0.5, 0.6) is 0 Å². The van der Waals surface area contributed by atoms with Gasteiger partial charge in [-0.25, -0.2) is 0 Å². The van der Waals surface area contributed by atoms with Gasteiger partial charge in [0.25, 0.3) is 5.91 Å². The van der Waals surface area contributed by atoms with E-state index in [1.54, 1.807) is 6.20 Å². The van der Waals surface area contributed by atoms with Gasteiger partial charge >= 0.3 is 0 Å². The molecule has 1 aliphatic heterocycles. The molecule has 0 radical (unpaired) electrons. The number of carbonyl (C=O) groups excluding carboxylic acids is 1. The predicted octanol–water partition coefficient (Wildman–Crippen LogP) is 2.62. The summed E-state index contributed by atoms with van der Waals surface area (Å²) in [6.07, 6.45) is 2.25. The van der Waals surface area contributed by atoms with Crippen LogP contribution in [0.1, 0.15) is 35.5 Å². The molecule has 1 saturated heterocycles. The molecule has 1 aromatic heterocycles. The number of nitrogens with zero attached hydrogens (tertiary/aromatic N) is 2. The van der Waals surface area contributed by atoms with Crippen LogP contribution in [0.3, 0.4) is 0 Å². The Balaban J connectivity index is 1.53. The summed E-state index contributed by atoms with van der Waals surface area (Å²) in [6, 6.07) is 13.5. The Labute approximate surface area is 149 Å². The minimum Gasteiger partial charge on any atom is -0.373 e. The maximum atomic E-state index is 12.2. The van der Waals surface area contributed by atoms with Crippen LogP contribution >= 0.6 is 0 Å². The quantitative estimate of drug-likeness (QED) is 0.910. The predicted molar refractivity (Wildman–Crippen MR) is 97.1 cm³/mol. The van der Waals surface area contributed by atoms with Crippen LogP contribution in [-0.2, 0) is 17.8 Å². The zero-order valence-electron chi connectivity index (χ0n) is 14.8. The van der Waals surface area contributed by atoms with Crippen LogP contribution < -0.4 is 5.32 Å². The highest BCUT2D eigenvalue weighted by Gasteiger charge is 2.22.